The van der Waals surface area contributed by atoms with E-state index >= 15 is 0 Å². The highest BCUT2D eigenvalue weighted by atomic mass is 32.2. The summed E-state index contributed by atoms with van der Waals surface area (Å²) in [5.74, 6) is 0.656. The van der Waals surface area contributed by atoms with Crippen LogP contribution in [0.15, 0.2) is 5.16 Å². The van der Waals surface area contributed by atoms with Crippen LogP contribution in [0.1, 0.15) is 5.82 Å². The smallest absolute Gasteiger partial charge is 0.227 e. The molecule has 0 fully saturated rings. The average molecular weight is 230 g/mol. The van der Waals surface area contributed by atoms with Gasteiger partial charge in [-0.25, -0.2) is 0 Å². The van der Waals surface area contributed by atoms with Gasteiger partial charge in [0.25, 0.3) is 0 Å². The summed E-state index contributed by atoms with van der Waals surface area (Å²) in [6.07, 6.45) is 0. The van der Waals surface area contributed by atoms with Crippen LogP contribution in [0.3, 0.4) is 0 Å². The molecule has 2 N–H and O–H groups in total. The van der Waals surface area contributed by atoms with E-state index < -0.39 is 0 Å². The van der Waals surface area contributed by atoms with Gasteiger partial charge in [-0.05, 0) is 6.92 Å². The van der Waals surface area contributed by atoms with Gasteiger partial charge in [-0.1, -0.05) is 11.8 Å². The summed E-state index contributed by atoms with van der Waals surface area (Å²) < 4.78 is 6.87. The Labute approximate surface area is 92.2 Å². The topological polar surface area (TPSA) is 83.0 Å². The summed E-state index contributed by atoms with van der Waals surface area (Å²) in [5, 5.41) is 8.58. The molecule has 84 valence electrons. The number of rotatable bonds is 6. The molecule has 0 aliphatic heterocycles. The largest absolute Gasteiger partial charge is 0.383 e. The molecular formula is C8H14N4O2S. The Morgan fingerprint density at radius 3 is 2.93 bits per heavy atom. The maximum Gasteiger partial charge on any atom is 0.227 e. The van der Waals surface area contributed by atoms with E-state index in [0.29, 0.717) is 18.3 Å². The van der Waals surface area contributed by atoms with Crippen LogP contribution in [0.4, 0.5) is 0 Å². The van der Waals surface area contributed by atoms with Crippen molar-refractivity contribution in [1.82, 2.24) is 14.8 Å². The molecule has 15 heavy (non-hydrogen) atoms. The number of carbonyl (C=O) groups is 1. The summed E-state index contributed by atoms with van der Waals surface area (Å²) in [4.78, 5) is 10.6. The first kappa shape index (κ1) is 12.0. The second kappa shape index (κ2) is 5.72. The highest BCUT2D eigenvalue weighted by molar-refractivity contribution is 7.99. The second-order valence-corrected chi connectivity index (χ2v) is 3.87. The van der Waals surface area contributed by atoms with Gasteiger partial charge in [-0.2, -0.15) is 0 Å². The lowest BCUT2D eigenvalue weighted by Gasteiger charge is -2.06. The van der Waals surface area contributed by atoms with Crippen molar-refractivity contribution in [3.8, 4) is 0 Å². The lowest BCUT2D eigenvalue weighted by Crippen LogP contribution is -2.14. The van der Waals surface area contributed by atoms with E-state index in [4.69, 9.17) is 10.5 Å². The zero-order valence-corrected chi connectivity index (χ0v) is 9.58. The van der Waals surface area contributed by atoms with E-state index in [1.54, 1.807) is 7.11 Å². The molecule has 7 heteroatoms. The average Bonchev–Trinajstić information content (AvgIpc) is 2.53. The molecule has 0 bridgehead atoms. The second-order valence-electron chi connectivity index (χ2n) is 2.93. The molecular weight excluding hydrogens is 216 g/mol. The predicted octanol–water partition coefficient (Wildman–Crippen LogP) is -0.190. The lowest BCUT2D eigenvalue weighted by atomic mass is 10.6. The van der Waals surface area contributed by atoms with Gasteiger partial charge in [-0.3, -0.25) is 4.79 Å². The minimum Gasteiger partial charge on any atom is -0.383 e. The van der Waals surface area contributed by atoms with Gasteiger partial charge in [0.2, 0.25) is 5.91 Å². The fraction of sp³-hybridized carbons (Fsp3) is 0.625. The molecule has 0 atom stereocenters. The first-order valence-corrected chi connectivity index (χ1v) is 5.43. The number of nitrogens with zero attached hydrogens (tertiary/aromatic N) is 3. The van der Waals surface area contributed by atoms with Gasteiger partial charge in [-0.15, -0.1) is 10.2 Å². The van der Waals surface area contributed by atoms with Crippen LogP contribution in [0, 0.1) is 6.92 Å². The van der Waals surface area contributed by atoms with Gasteiger partial charge in [0, 0.05) is 13.7 Å². The van der Waals surface area contributed by atoms with Crippen LogP contribution < -0.4 is 5.73 Å². The lowest BCUT2D eigenvalue weighted by molar-refractivity contribution is -0.115. The SMILES string of the molecule is COCCn1c(C)nnc1SCC(N)=O. The third kappa shape index (κ3) is 3.52. The number of amides is 1. The van der Waals surface area contributed by atoms with Gasteiger partial charge >= 0.3 is 0 Å². The van der Waals surface area contributed by atoms with Gasteiger partial charge in [0.05, 0.1) is 12.4 Å². The van der Waals surface area contributed by atoms with Gasteiger partial charge < -0.3 is 15.0 Å². The molecule has 0 saturated heterocycles. The zero-order chi connectivity index (χ0) is 11.3. The Hall–Kier alpha value is -1.08. The summed E-state index contributed by atoms with van der Waals surface area (Å²) in [5.41, 5.74) is 5.06. The Balaban J connectivity index is 2.65. The van der Waals surface area contributed by atoms with Crippen molar-refractivity contribution in [1.29, 1.82) is 0 Å². The molecule has 0 radical (unpaired) electrons. The summed E-state index contributed by atoms with van der Waals surface area (Å²) in [6.45, 7) is 3.12. The monoisotopic (exact) mass is 230 g/mol. The van der Waals surface area contributed by atoms with Gasteiger partial charge in [0.15, 0.2) is 5.16 Å². The van der Waals surface area contributed by atoms with Crippen LogP contribution >= 0.6 is 11.8 Å². The number of aromatic nitrogens is 3. The molecule has 1 heterocycles. The van der Waals surface area contributed by atoms with Crippen molar-refractivity contribution < 1.29 is 9.53 Å². The van der Waals surface area contributed by atoms with E-state index in [-0.39, 0.29) is 11.7 Å². The normalized spacial score (nSPS) is 10.5. The number of hydrogen-bond donors (Lipinski definition) is 1. The van der Waals surface area contributed by atoms with Crippen molar-refractivity contribution >= 4 is 17.7 Å². The quantitative estimate of drug-likeness (QED) is 0.685. The third-order valence-electron chi connectivity index (χ3n) is 1.76. The Morgan fingerprint density at radius 2 is 2.33 bits per heavy atom. The molecule has 0 unspecified atom stereocenters. The Morgan fingerprint density at radius 1 is 1.60 bits per heavy atom. The number of nitrogens with two attached hydrogens (primary N) is 1. The summed E-state index contributed by atoms with van der Waals surface area (Å²) >= 11 is 1.29. The number of carbonyl (C=O) groups excluding carboxylic acids is 1. The van der Waals surface area contributed by atoms with E-state index in [1.165, 1.54) is 11.8 Å². The summed E-state index contributed by atoms with van der Waals surface area (Å²) in [7, 11) is 1.63. The van der Waals surface area contributed by atoms with Crippen molar-refractivity contribution in [3.63, 3.8) is 0 Å². The maximum absolute atomic E-state index is 10.6. The molecule has 1 amide bonds. The molecule has 0 spiro atoms. The molecule has 1 aromatic rings. The fourth-order valence-electron chi connectivity index (χ4n) is 1.04. The molecule has 6 nitrogen and oxygen atoms in total. The van der Waals surface area contributed by atoms with Gasteiger partial charge in [0.1, 0.15) is 5.82 Å². The number of ether oxygens (including phenoxy) is 1. The van der Waals surface area contributed by atoms with E-state index in [9.17, 15) is 4.79 Å². The van der Waals surface area contributed by atoms with Crippen LogP contribution in [0.2, 0.25) is 0 Å². The van der Waals surface area contributed by atoms with Crippen LogP contribution in [-0.4, -0.2) is 40.1 Å². The maximum atomic E-state index is 10.6. The minimum atomic E-state index is -0.362. The number of aryl methyl sites for hydroxylation is 1. The molecule has 0 saturated carbocycles. The van der Waals surface area contributed by atoms with E-state index in [0.717, 1.165) is 5.82 Å². The Kier molecular flexibility index (Phi) is 4.57. The van der Waals surface area contributed by atoms with Crippen molar-refractivity contribution in [2.75, 3.05) is 19.5 Å². The van der Waals surface area contributed by atoms with Crippen molar-refractivity contribution in [3.05, 3.63) is 5.82 Å². The number of methoxy groups -OCH3 is 1. The number of primary amides is 1. The van der Waals surface area contributed by atoms with Crippen LogP contribution in [0.25, 0.3) is 0 Å². The molecule has 0 aromatic carbocycles. The van der Waals surface area contributed by atoms with E-state index in [2.05, 4.69) is 10.2 Å². The van der Waals surface area contributed by atoms with Crippen LogP contribution in [-0.2, 0) is 16.1 Å². The highest BCUT2D eigenvalue weighted by Gasteiger charge is 2.09. The number of hydrogen-bond acceptors (Lipinski definition) is 5. The number of thioether (sulfide) groups is 1. The highest BCUT2D eigenvalue weighted by Crippen LogP contribution is 2.15. The predicted molar refractivity (Wildman–Crippen MR) is 56.6 cm³/mol. The molecule has 1 aromatic heterocycles. The standard InChI is InChI=1S/C8H14N4O2S/c1-6-10-11-8(15-5-7(9)13)12(6)3-4-14-2/h3-5H2,1-2H3,(H2,9,13). The van der Waals surface area contributed by atoms with E-state index in [1.807, 2.05) is 11.5 Å². The first-order chi connectivity index (χ1) is 7.15. The summed E-state index contributed by atoms with van der Waals surface area (Å²) in [6, 6.07) is 0. The molecule has 0 aliphatic rings. The van der Waals surface area contributed by atoms with Crippen molar-refractivity contribution in [2.24, 2.45) is 5.73 Å². The minimum absolute atomic E-state index is 0.213. The zero-order valence-electron chi connectivity index (χ0n) is 8.77. The fourth-order valence-corrected chi connectivity index (χ4v) is 1.79. The third-order valence-corrected chi connectivity index (χ3v) is 2.75. The molecule has 0 aliphatic carbocycles. The molecule has 1 rings (SSSR count). The Bertz CT molecular complexity index is 339. The van der Waals surface area contributed by atoms with Crippen LogP contribution in [0.5, 0.6) is 0 Å². The first-order valence-electron chi connectivity index (χ1n) is 4.45. The van der Waals surface area contributed by atoms with Crippen molar-refractivity contribution in [2.45, 2.75) is 18.6 Å².